The van der Waals surface area contributed by atoms with Crippen molar-refractivity contribution in [3.63, 3.8) is 0 Å². The number of benzene rings is 1. The summed E-state index contributed by atoms with van der Waals surface area (Å²) in [5, 5.41) is 9.60. The number of aromatic nitrogens is 1. The van der Waals surface area contributed by atoms with E-state index in [2.05, 4.69) is 11.1 Å². The summed E-state index contributed by atoms with van der Waals surface area (Å²) >= 11 is 6.03. The van der Waals surface area contributed by atoms with Crippen molar-refractivity contribution >= 4 is 23.8 Å². The molecule has 82 valence electrons. The Morgan fingerprint density at radius 3 is 2.71 bits per heavy atom. The maximum absolute atomic E-state index is 8.92. The fraction of sp³-hybridized carbons (Fsp3) is 0. The van der Waals surface area contributed by atoms with Crippen molar-refractivity contribution in [2.75, 3.05) is 0 Å². The molecule has 0 saturated heterocycles. The first-order chi connectivity index (χ1) is 8.31. The van der Waals surface area contributed by atoms with Crippen LogP contribution in [0, 0.1) is 11.3 Å². The van der Waals surface area contributed by atoms with E-state index in [-0.39, 0.29) is 0 Å². The average molecular weight is 241 g/mol. The summed E-state index contributed by atoms with van der Waals surface area (Å²) in [6.45, 7) is 0. The van der Waals surface area contributed by atoms with Gasteiger partial charge < -0.3 is 0 Å². The molecule has 0 N–H and O–H groups in total. The van der Waals surface area contributed by atoms with Crippen LogP contribution in [-0.4, -0.2) is 4.98 Å². The quantitative estimate of drug-likeness (QED) is 0.801. The third-order valence-corrected chi connectivity index (χ3v) is 2.63. The Kier molecular flexibility index (Phi) is 3.54. The Hall–Kier alpha value is -2.11. The lowest BCUT2D eigenvalue weighted by Crippen LogP contribution is -1.85. The largest absolute Gasteiger partial charge is 0.256 e. The topological polar surface area (TPSA) is 36.7 Å². The standard InChI is InChI=1S/C14H9ClN2/c15-13-6-2-1-4-11(13)7-8-14-12(10-16)5-3-9-17-14/h1-9H/b8-7+. The zero-order chi connectivity index (χ0) is 12.1. The molecule has 0 fully saturated rings. The number of hydrogen-bond donors (Lipinski definition) is 0. The van der Waals surface area contributed by atoms with Gasteiger partial charge in [-0.3, -0.25) is 4.98 Å². The Labute approximate surface area is 105 Å². The number of hydrogen-bond acceptors (Lipinski definition) is 2. The predicted octanol–water partition coefficient (Wildman–Crippen LogP) is 3.78. The zero-order valence-electron chi connectivity index (χ0n) is 8.97. The summed E-state index contributed by atoms with van der Waals surface area (Å²) in [5.41, 5.74) is 2.11. The Morgan fingerprint density at radius 2 is 1.94 bits per heavy atom. The van der Waals surface area contributed by atoms with E-state index in [9.17, 15) is 0 Å². The second-order valence-corrected chi connectivity index (χ2v) is 3.81. The van der Waals surface area contributed by atoms with Crippen molar-refractivity contribution in [3.8, 4) is 6.07 Å². The van der Waals surface area contributed by atoms with Crippen LogP contribution in [-0.2, 0) is 0 Å². The molecule has 0 aliphatic carbocycles. The van der Waals surface area contributed by atoms with E-state index in [0.29, 0.717) is 16.3 Å². The maximum atomic E-state index is 8.92. The second kappa shape index (κ2) is 5.29. The average Bonchev–Trinajstić information content (AvgIpc) is 2.38. The number of rotatable bonds is 2. The predicted molar refractivity (Wildman–Crippen MR) is 69.3 cm³/mol. The Morgan fingerprint density at radius 1 is 1.12 bits per heavy atom. The minimum atomic E-state index is 0.552. The normalized spacial score (nSPS) is 10.4. The molecule has 2 nitrogen and oxygen atoms in total. The van der Waals surface area contributed by atoms with Crippen LogP contribution in [0.1, 0.15) is 16.8 Å². The van der Waals surface area contributed by atoms with E-state index < -0.39 is 0 Å². The highest BCUT2D eigenvalue weighted by Crippen LogP contribution is 2.18. The summed E-state index contributed by atoms with van der Waals surface area (Å²) in [6.07, 6.45) is 5.30. The molecule has 0 aliphatic heterocycles. The summed E-state index contributed by atoms with van der Waals surface area (Å²) in [5.74, 6) is 0. The lowest BCUT2D eigenvalue weighted by molar-refractivity contribution is 1.27. The van der Waals surface area contributed by atoms with Crippen molar-refractivity contribution in [3.05, 3.63) is 64.4 Å². The summed E-state index contributed by atoms with van der Waals surface area (Å²) in [6, 6.07) is 13.1. The van der Waals surface area contributed by atoms with Gasteiger partial charge in [-0.2, -0.15) is 5.26 Å². The molecular formula is C14H9ClN2. The van der Waals surface area contributed by atoms with Crippen molar-refractivity contribution in [2.24, 2.45) is 0 Å². The van der Waals surface area contributed by atoms with Crippen molar-refractivity contribution in [1.29, 1.82) is 5.26 Å². The molecule has 0 aliphatic rings. The molecular weight excluding hydrogens is 232 g/mol. The van der Waals surface area contributed by atoms with Crippen LogP contribution in [0.4, 0.5) is 0 Å². The second-order valence-electron chi connectivity index (χ2n) is 3.40. The molecule has 3 heteroatoms. The molecule has 1 heterocycles. The van der Waals surface area contributed by atoms with E-state index in [1.165, 1.54) is 0 Å². The van der Waals surface area contributed by atoms with Gasteiger partial charge in [0.1, 0.15) is 6.07 Å². The van der Waals surface area contributed by atoms with Crippen molar-refractivity contribution < 1.29 is 0 Å². The molecule has 0 amide bonds. The fourth-order valence-corrected chi connectivity index (χ4v) is 1.62. The molecule has 0 unspecified atom stereocenters. The maximum Gasteiger partial charge on any atom is 0.101 e. The molecule has 2 aromatic rings. The molecule has 0 bridgehead atoms. The number of nitriles is 1. The van der Waals surface area contributed by atoms with Crippen molar-refractivity contribution in [1.82, 2.24) is 4.98 Å². The monoisotopic (exact) mass is 240 g/mol. The Bertz CT molecular complexity index is 597. The number of pyridine rings is 1. The zero-order valence-corrected chi connectivity index (χ0v) is 9.72. The first kappa shape index (κ1) is 11.4. The molecule has 0 spiro atoms. The van der Waals surface area contributed by atoms with Crippen LogP contribution >= 0.6 is 11.6 Å². The first-order valence-corrected chi connectivity index (χ1v) is 5.47. The highest BCUT2D eigenvalue weighted by Gasteiger charge is 1.98. The van der Waals surface area contributed by atoms with Crippen LogP contribution < -0.4 is 0 Å². The van der Waals surface area contributed by atoms with Crippen LogP contribution in [0.2, 0.25) is 5.02 Å². The van der Waals surface area contributed by atoms with Gasteiger partial charge in [0, 0.05) is 11.2 Å². The highest BCUT2D eigenvalue weighted by molar-refractivity contribution is 6.32. The molecule has 0 saturated carbocycles. The summed E-state index contributed by atoms with van der Waals surface area (Å²) in [7, 11) is 0. The minimum absolute atomic E-state index is 0.552. The smallest absolute Gasteiger partial charge is 0.101 e. The van der Waals surface area contributed by atoms with Crippen LogP contribution in [0.3, 0.4) is 0 Å². The van der Waals surface area contributed by atoms with Crippen molar-refractivity contribution in [2.45, 2.75) is 0 Å². The van der Waals surface area contributed by atoms with Gasteiger partial charge in [-0.1, -0.05) is 35.9 Å². The third kappa shape index (κ3) is 2.72. The van der Waals surface area contributed by atoms with Crippen LogP contribution in [0.25, 0.3) is 12.2 Å². The molecule has 1 aromatic carbocycles. The van der Waals surface area contributed by atoms with E-state index in [0.717, 1.165) is 5.56 Å². The molecule has 2 rings (SSSR count). The molecule has 0 radical (unpaired) electrons. The van der Waals surface area contributed by atoms with Gasteiger partial charge in [0.05, 0.1) is 11.3 Å². The van der Waals surface area contributed by atoms with Crippen LogP contribution in [0.15, 0.2) is 42.6 Å². The first-order valence-electron chi connectivity index (χ1n) is 5.09. The highest BCUT2D eigenvalue weighted by atomic mass is 35.5. The van der Waals surface area contributed by atoms with E-state index in [4.69, 9.17) is 16.9 Å². The number of nitrogens with zero attached hydrogens (tertiary/aromatic N) is 2. The minimum Gasteiger partial charge on any atom is -0.256 e. The van der Waals surface area contributed by atoms with Gasteiger partial charge in [0.15, 0.2) is 0 Å². The van der Waals surface area contributed by atoms with Gasteiger partial charge in [-0.05, 0) is 29.8 Å². The fourth-order valence-electron chi connectivity index (χ4n) is 1.42. The van der Waals surface area contributed by atoms with Gasteiger partial charge in [-0.25, -0.2) is 0 Å². The van der Waals surface area contributed by atoms with E-state index in [1.807, 2.05) is 30.3 Å². The van der Waals surface area contributed by atoms with Gasteiger partial charge in [0.2, 0.25) is 0 Å². The molecule has 17 heavy (non-hydrogen) atoms. The van der Waals surface area contributed by atoms with Gasteiger partial charge >= 0.3 is 0 Å². The lowest BCUT2D eigenvalue weighted by atomic mass is 10.1. The van der Waals surface area contributed by atoms with Crippen LogP contribution in [0.5, 0.6) is 0 Å². The lowest BCUT2D eigenvalue weighted by Gasteiger charge is -1.98. The van der Waals surface area contributed by atoms with Gasteiger partial charge in [0.25, 0.3) is 0 Å². The molecule has 0 atom stereocenters. The number of halogens is 1. The SMILES string of the molecule is N#Cc1cccnc1/C=C/c1ccccc1Cl. The summed E-state index contributed by atoms with van der Waals surface area (Å²) < 4.78 is 0. The van der Waals surface area contributed by atoms with E-state index >= 15 is 0 Å². The third-order valence-electron chi connectivity index (χ3n) is 2.28. The Balaban J connectivity index is 2.33. The van der Waals surface area contributed by atoms with Gasteiger partial charge in [-0.15, -0.1) is 0 Å². The molecule has 1 aromatic heterocycles. The summed E-state index contributed by atoms with van der Waals surface area (Å²) in [4.78, 5) is 4.14. The van der Waals surface area contributed by atoms with E-state index in [1.54, 1.807) is 24.4 Å².